The van der Waals surface area contributed by atoms with E-state index in [4.69, 9.17) is 0 Å². The molecule has 0 unspecified atom stereocenters. The number of benzene rings is 1. The Morgan fingerprint density at radius 1 is 1.21 bits per heavy atom. The molecule has 0 bridgehead atoms. The van der Waals surface area contributed by atoms with Gasteiger partial charge in [-0.3, -0.25) is 9.67 Å². The smallest absolute Gasteiger partial charge is 0.358 e. The average molecular weight is 255 g/mol. The summed E-state index contributed by atoms with van der Waals surface area (Å²) in [6, 6.07) is 7.58. The van der Waals surface area contributed by atoms with Gasteiger partial charge in [0.1, 0.15) is 6.20 Å². The van der Waals surface area contributed by atoms with E-state index in [9.17, 15) is 10.1 Å². The predicted octanol–water partition coefficient (Wildman–Crippen LogP) is 2.17. The fraction of sp³-hybridized carbons (Fsp3) is 0. The lowest BCUT2D eigenvalue weighted by molar-refractivity contribution is -0.389. The minimum atomic E-state index is -0.518. The molecule has 0 aliphatic heterocycles. The summed E-state index contributed by atoms with van der Waals surface area (Å²) in [5, 5.41) is 17.2. The fourth-order valence-corrected chi connectivity index (χ4v) is 1.78. The molecule has 0 saturated carbocycles. The topological polar surface area (TPSA) is 89.6 Å². The zero-order chi connectivity index (χ0) is 13.2. The lowest BCUT2D eigenvalue weighted by Gasteiger charge is -2.01. The van der Waals surface area contributed by atoms with Crippen LogP contribution < -0.4 is 0 Å². The van der Waals surface area contributed by atoms with Crippen LogP contribution in [0.4, 0.5) is 5.82 Å². The van der Waals surface area contributed by atoms with Gasteiger partial charge in [0.15, 0.2) is 0 Å². The minimum absolute atomic E-state index is 0.168. The van der Waals surface area contributed by atoms with Crippen LogP contribution in [-0.4, -0.2) is 24.7 Å². The third-order valence-corrected chi connectivity index (χ3v) is 2.75. The highest BCUT2D eigenvalue weighted by atomic mass is 16.6. The monoisotopic (exact) mass is 255 g/mol. The fourth-order valence-electron chi connectivity index (χ4n) is 1.78. The van der Waals surface area contributed by atoms with Crippen molar-refractivity contribution < 1.29 is 4.92 Å². The molecule has 0 radical (unpaired) electrons. The van der Waals surface area contributed by atoms with Gasteiger partial charge in [-0.05, 0) is 27.6 Å². The van der Waals surface area contributed by atoms with Gasteiger partial charge in [-0.25, -0.2) is 0 Å². The molecular formula is C12H9N5O2. The molecule has 0 atom stereocenters. The highest BCUT2D eigenvalue weighted by Gasteiger charge is 2.10. The summed E-state index contributed by atoms with van der Waals surface area (Å²) in [4.78, 5) is 13.8. The number of hydrogen-bond acceptors (Lipinski definition) is 4. The van der Waals surface area contributed by atoms with Crippen molar-refractivity contribution in [1.82, 2.24) is 19.7 Å². The van der Waals surface area contributed by atoms with Gasteiger partial charge >= 0.3 is 5.82 Å². The van der Waals surface area contributed by atoms with E-state index in [-0.39, 0.29) is 5.82 Å². The second kappa shape index (κ2) is 4.37. The van der Waals surface area contributed by atoms with Gasteiger partial charge < -0.3 is 10.1 Å². The lowest BCUT2D eigenvalue weighted by atomic mass is 10.1. The molecule has 0 fully saturated rings. The summed E-state index contributed by atoms with van der Waals surface area (Å²) < 4.78 is 1.61. The number of aromatic amines is 1. The molecule has 2 heterocycles. The Morgan fingerprint density at radius 2 is 2.00 bits per heavy atom. The average Bonchev–Trinajstić information content (AvgIpc) is 3.11. The second-order valence-electron chi connectivity index (χ2n) is 3.93. The van der Waals surface area contributed by atoms with Crippen molar-refractivity contribution in [1.29, 1.82) is 0 Å². The summed E-state index contributed by atoms with van der Waals surface area (Å²) in [6.07, 6.45) is 6.34. The largest absolute Gasteiger partial charge is 0.381 e. The van der Waals surface area contributed by atoms with Crippen molar-refractivity contribution >= 4 is 5.82 Å². The van der Waals surface area contributed by atoms with Gasteiger partial charge in [0.05, 0.1) is 6.20 Å². The molecule has 0 spiro atoms. The van der Waals surface area contributed by atoms with Crippen molar-refractivity contribution in [3.05, 3.63) is 59.3 Å². The molecule has 94 valence electrons. The van der Waals surface area contributed by atoms with Crippen molar-refractivity contribution in [2.75, 3.05) is 0 Å². The number of H-pyrrole nitrogens is 1. The van der Waals surface area contributed by atoms with Crippen LogP contribution in [0.1, 0.15) is 0 Å². The number of imidazole rings is 1. The van der Waals surface area contributed by atoms with Gasteiger partial charge in [0.25, 0.3) is 0 Å². The van der Waals surface area contributed by atoms with Crippen LogP contribution in [0.25, 0.3) is 16.8 Å². The number of nitrogens with zero attached hydrogens (tertiary/aromatic N) is 4. The normalized spacial score (nSPS) is 10.5. The van der Waals surface area contributed by atoms with Crippen LogP contribution in [-0.2, 0) is 0 Å². The lowest BCUT2D eigenvalue weighted by Crippen LogP contribution is -1.90. The van der Waals surface area contributed by atoms with E-state index >= 15 is 0 Å². The third kappa shape index (κ3) is 2.08. The van der Waals surface area contributed by atoms with E-state index < -0.39 is 4.92 Å². The van der Waals surface area contributed by atoms with Crippen LogP contribution in [0.15, 0.2) is 49.2 Å². The number of nitrogens with one attached hydrogen (secondary N) is 1. The number of hydrogen-bond donors (Lipinski definition) is 1. The molecule has 3 rings (SSSR count). The van der Waals surface area contributed by atoms with Crippen LogP contribution in [0.5, 0.6) is 0 Å². The van der Waals surface area contributed by atoms with Crippen molar-refractivity contribution in [3.8, 4) is 16.8 Å². The maximum absolute atomic E-state index is 10.6. The molecule has 0 saturated heterocycles. The number of aromatic nitrogens is 4. The van der Waals surface area contributed by atoms with E-state index in [2.05, 4.69) is 15.2 Å². The Labute approximate surface area is 107 Å². The summed E-state index contributed by atoms with van der Waals surface area (Å²) in [5.41, 5.74) is 2.82. The number of nitro groups is 1. The van der Waals surface area contributed by atoms with Crippen molar-refractivity contribution in [3.63, 3.8) is 0 Å². The molecule has 7 heteroatoms. The molecule has 2 aromatic heterocycles. The van der Waals surface area contributed by atoms with Gasteiger partial charge in [-0.1, -0.05) is 12.1 Å². The van der Waals surface area contributed by atoms with Crippen LogP contribution in [0.3, 0.4) is 0 Å². The Morgan fingerprint density at radius 3 is 2.58 bits per heavy atom. The van der Waals surface area contributed by atoms with E-state index in [1.807, 2.05) is 24.3 Å². The molecule has 0 amide bonds. The first-order valence-corrected chi connectivity index (χ1v) is 5.52. The van der Waals surface area contributed by atoms with Crippen LogP contribution in [0.2, 0.25) is 0 Å². The first-order valence-electron chi connectivity index (χ1n) is 5.52. The Balaban J connectivity index is 1.91. The van der Waals surface area contributed by atoms with E-state index in [1.54, 1.807) is 17.0 Å². The maximum atomic E-state index is 10.6. The van der Waals surface area contributed by atoms with Crippen molar-refractivity contribution in [2.24, 2.45) is 0 Å². The minimum Gasteiger partial charge on any atom is -0.358 e. The SMILES string of the molecule is O=[N+]([O-])c1cn(-c2ccc(-c3cn[nH]c3)cc2)cn1. The first-order chi connectivity index (χ1) is 9.24. The molecule has 7 nitrogen and oxygen atoms in total. The van der Waals surface area contributed by atoms with E-state index in [0.29, 0.717) is 0 Å². The molecule has 1 N–H and O–H groups in total. The molecule has 1 aromatic carbocycles. The summed E-state index contributed by atoms with van der Waals surface area (Å²) in [6.45, 7) is 0. The van der Waals surface area contributed by atoms with E-state index in [1.165, 1.54) is 12.5 Å². The summed E-state index contributed by atoms with van der Waals surface area (Å²) in [7, 11) is 0. The Bertz CT molecular complexity index is 700. The Hall–Kier alpha value is -2.96. The zero-order valence-corrected chi connectivity index (χ0v) is 9.72. The molecule has 0 aliphatic rings. The van der Waals surface area contributed by atoms with Gasteiger partial charge in [-0.2, -0.15) is 5.10 Å². The molecule has 3 aromatic rings. The van der Waals surface area contributed by atoms with E-state index in [0.717, 1.165) is 16.8 Å². The predicted molar refractivity (Wildman–Crippen MR) is 67.8 cm³/mol. The summed E-state index contributed by atoms with van der Waals surface area (Å²) in [5.74, 6) is -0.168. The molecule has 0 aliphatic carbocycles. The summed E-state index contributed by atoms with van der Waals surface area (Å²) >= 11 is 0. The zero-order valence-electron chi connectivity index (χ0n) is 9.72. The molecular weight excluding hydrogens is 246 g/mol. The van der Waals surface area contributed by atoms with Gasteiger partial charge in [-0.15, -0.1) is 0 Å². The maximum Gasteiger partial charge on any atom is 0.381 e. The van der Waals surface area contributed by atoms with Gasteiger partial charge in [0.2, 0.25) is 6.33 Å². The standard InChI is InChI=1S/C12H9N5O2/c18-17(19)12-7-16(8-13-12)11-3-1-9(2-4-11)10-5-14-15-6-10/h1-8H,(H,14,15). The third-order valence-electron chi connectivity index (χ3n) is 2.75. The highest BCUT2D eigenvalue weighted by molar-refractivity contribution is 5.62. The Kier molecular flexibility index (Phi) is 2.57. The molecule has 19 heavy (non-hydrogen) atoms. The van der Waals surface area contributed by atoms with Crippen LogP contribution in [0, 0.1) is 10.1 Å². The van der Waals surface area contributed by atoms with Crippen molar-refractivity contribution in [2.45, 2.75) is 0 Å². The highest BCUT2D eigenvalue weighted by Crippen LogP contribution is 2.20. The van der Waals surface area contributed by atoms with Gasteiger partial charge in [0, 0.05) is 17.4 Å². The second-order valence-corrected chi connectivity index (χ2v) is 3.93. The quantitative estimate of drug-likeness (QED) is 0.573. The first kappa shape index (κ1) is 11.1. The number of rotatable bonds is 3. The van der Waals surface area contributed by atoms with Crippen LogP contribution >= 0.6 is 0 Å².